The fourth-order valence-electron chi connectivity index (χ4n) is 2.41. The molecule has 0 spiro atoms. The third kappa shape index (κ3) is 5.92. The van der Waals surface area contributed by atoms with E-state index in [1.807, 2.05) is 40.6 Å². The standard InChI is InChI=1S/C18H24BrN3OS/c1-3-21(4-2)10-11-22(14-17-9-6-12-24-17)18(23)20-16-8-5-7-15(19)13-16/h5-9,12-13H,3-4,10-11,14H2,1-2H3,(H,20,23). The summed E-state index contributed by atoms with van der Waals surface area (Å²) >= 11 is 5.12. The summed E-state index contributed by atoms with van der Waals surface area (Å²) in [5.41, 5.74) is 0.799. The van der Waals surface area contributed by atoms with Gasteiger partial charge in [-0.15, -0.1) is 11.3 Å². The summed E-state index contributed by atoms with van der Waals surface area (Å²) in [6.07, 6.45) is 0. The van der Waals surface area contributed by atoms with Gasteiger partial charge in [-0.25, -0.2) is 4.79 Å². The summed E-state index contributed by atoms with van der Waals surface area (Å²) in [5.74, 6) is 0. The third-order valence-corrected chi connectivity index (χ3v) is 5.22. The molecule has 2 aromatic rings. The number of carbonyl (C=O) groups is 1. The van der Waals surface area contributed by atoms with Crippen LogP contribution in [0, 0.1) is 0 Å². The summed E-state index contributed by atoms with van der Waals surface area (Å²) in [6.45, 7) is 8.51. The molecule has 0 saturated carbocycles. The average molecular weight is 410 g/mol. The second-order valence-electron chi connectivity index (χ2n) is 5.47. The summed E-state index contributed by atoms with van der Waals surface area (Å²) < 4.78 is 0.952. The molecule has 4 nitrogen and oxygen atoms in total. The van der Waals surface area contributed by atoms with Crippen LogP contribution in [0.3, 0.4) is 0 Å². The lowest BCUT2D eigenvalue weighted by molar-refractivity contribution is 0.195. The van der Waals surface area contributed by atoms with Crippen LogP contribution in [0.4, 0.5) is 10.5 Å². The predicted octanol–water partition coefficient (Wildman–Crippen LogP) is 4.89. The lowest BCUT2D eigenvalue weighted by Gasteiger charge is -2.26. The molecule has 0 aliphatic carbocycles. The highest BCUT2D eigenvalue weighted by Gasteiger charge is 2.16. The van der Waals surface area contributed by atoms with Gasteiger partial charge in [-0.05, 0) is 42.7 Å². The number of carbonyl (C=O) groups excluding carboxylic acids is 1. The van der Waals surface area contributed by atoms with Crippen molar-refractivity contribution in [1.82, 2.24) is 9.80 Å². The molecular weight excluding hydrogens is 386 g/mol. The molecule has 130 valence electrons. The van der Waals surface area contributed by atoms with E-state index in [4.69, 9.17) is 0 Å². The van der Waals surface area contributed by atoms with Crippen LogP contribution in [-0.4, -0.2) is 42.0 Å². The summed E-state index contributed by atoms with van der Waals surface area (Å²) in [5, 5.41) is 5.04. The first-order valence-electron chi connectivity index (χ1n) is 8.18. The van der Waals surface area contributed by atoms with Gasteiger partial charge in [0.2, 0.25) is 0 Å². The number of rotatable bonds is 8. The van der Waals surface area contributed by atoms with Crippen LogP contribution in [0.25, 0.3) is 0 Å². The Balaban J connectivity index is 2.03. The van der Waals surface area contributed by atoms with Crippen molar-refractivity contribution in [1.29, 1.82) is 0 Å². The van der Waals surface area contributed by atoms with Gasteiger partial charge < -0.3 is 15.1 Å². The number of thiophene rings is 1. The maximum atomic E-state index is 12.7. The summed E-state index contributed by atoms with van der Waals surface area (Å²) in [4.78, 5) is 18.1. The molecule has 1 aromatic carbocycles. The fraction of sp³-hybridized carbons (Fsp3) is 0.389. The van der Waals surface area contributed by atoms with Crippen molar-refractivity contribution in [3.05, 3.63) is 51.1 Å². The zero-order chi connectivity index (χ0) is 17.4. The van der Waals surface area contributed by atoms with Crippen LogP contribution in [0.2, 0.25) is 0 Å². The number of amides is 2. The van der Waals surface area contributed by atoms with Crippen LogP contribution >= 0.6 is 27.3 Å². The minimum absolute atomic E-state index is 0.0614. The maximum absolute atomic E-state index is 12.7. The van der Waals surface area contributed by atoms with Gasteiger partial charge in [0.25, 0.3) is 0 Å². The molecule has 0 radical (unpaired) electrons. The van der Waals surface area contributed by atoms with Crippen LogP contribution in [0.15, 0.2) is 46.3 Å². The number of hydrogen-bond donors (Lipinski definition) is 1. The molecule has 0 aliphatic rings. The molecule has 0 unspecified atom stereocenters. The lowest BCUT2D eigenvalue weighted by Crippen LogP contribution is -2.40. The first kappa shape index (κ1) is 19.0. The molecule has 0 bridgehead atoms. The fourth-order valence-corrected chi connectivity index (χ4v) is 3.53. The number of likely N-dealkylation sites (N-methyl/N-ethyl adjacent to an activating group) is 1. The Kier molecular flexibility index (Phi) is 7.75. The van der Waals surface area contributed by atoms with E-state index in [9.17, 15) is 4.79 Å². The molecule has 1 aromatic heterocycles. The van der Waals surface area contributed by atoms with E-state index in [0.29, 0.717) is 13.1 Å². The largest absolute Gasteiger partial charge is 0.322 e. The van der Waals surface area contributed by atoms with Crippen LogP contribution in [-0.2, 0) is 6.54 Å². The predicted molar refractivity (Wildman–Crippen MR) is 106 cm³/mol. The Morgan fingerprint density at radius 2 is 1.96 bits per heavy atom. The maximum Gasteiger partial charge on any atom is 0.322 e. The van der Waals surface area contributed by atoms with Crippen molar-refractivity contribution in [2.45, 2.75) is 20.4 Å². The second-order valence-corrected chi connectivity index (χ2v) is 7.42. The summed E-state index contributed by atoms with van der Waals surface area (Å²) in [7, 11) is 0. The number of anilines is 1. The van der Waals surface area contributed by atoms with Crippen molar-refractivity contribution in [2.75, 3.05) is 31.5 Å². The minimum Gasteiger partial charge on any atom is -0.318 e. The van der Waals surface area contributed by atoms with E-state index < -0.39 is 0 Å². The highest BCUT2D eigenvalue weighted by atomic mass is 79.9. The Morgan fingerprint density at radius 1 is 1.17 bits per heavy atom. The first-order valence-corrected chi connectivity index (χ1v) is 9.85. The Hall–Kier alpha value is -1.37. The zero-order valence-corrected chi connectivity index (χ0v) is 16.6. The highest BCUT2D eigenvalue weighted by molar-refractivity contribution is 9.10. The molecule has 6 heteroatoms. The van der Waals surface area contributed by atoms with Gasteiger partial charge in [-0.2, -0.15) is 0 Å². The van der Waals surface area contributed by atoms with Crippen LogP contribution < -0.4 is 5.32 Å². The zero-order valence-electron chi connectivity index (χ0n) is 14.2. The number of benzene rings is 1. The number of halogens is 1. The average Bonchev–Trinajstić information content (AvgIpc) is 3.07. The topological polar surface area (TPSA) is 35.6 Å². The van der Waals surface area contributed by atoms with E-state index in [0.717, 1.165) is 29.8 Å². The van der Waals surface area contributed by atoms with Crippen LogP contribution in [0.5, 0.6) is 0 Å². The van der Waals surface area contributed by atoms with E-state index in [1.165, 1.54) is 4.88 Å². The van der Waals surface area contributed by atoms with E-state index in [-0.39, 0.29) is 6.03 Å². The monoisotopic (exact) mass is 409 g/mol. The Bertz CT molecular complexity index is 629. The highest BCUT2D eigenvalue weighted by Crippen LogP contribution is 2.17. The number of nitrogens with zero attached hydrogens (tertiary/aromatic N) is 2. The van der Waals surface area contributed by atoms with Crippen molar-refractivity contribution < 1.29 is 4.79 Å². The van der Waals surface area contributed by atoms with Gasteiger partial charge in [-0.3, -0.25) is 0 Å². The number of hydrogen-bond acceptors (Lipinski definition) is 3. The van der Waals surface area contributed by atoms with Gasteiger partial charge in [0.1, 0.15) is 0 Å². The normalized spacial score (nSPS) is 10.8. The molecule has 1 heterocycles. The second kappa shape index (κ2) is 9.81. The summed E-state index contributed by atoms with van der Waals surface area (Å²) in [6, 6.07) is 11.7. The van der Waals surface area contributed by atoms with Crippen molar-refractivity contribution in [3.8, 4) is 0 Å². The van der Waals surface area contributed by atoms with Gasteiger partial charge in [-0.1, -0.05) is 41.9 Å². The Labute approximate surface area is 156 Å². The van der Waals surface area contributed by atoms with E-state index >= 15 is 0 Å². The molecule has 2 rings (SSSR count). The van der Waals surface area contributed by atoms with Crippen molar-refractivity contribution in [3.63, 3.8) is 0 Å². The molecule has 0 fully saturated rings. The van der Waals surface area contributed by atoms with Gasteiger partial charge in [0, 0.05) is 28.1 Å². The molecule has 0 saturated heterocycles. The van der Waals surface area contributed by atoms with Gasteiger partial charge in [0.15, 0.2) is 0 Å². The molecule has 1 N–H and O–H groups in total. The minimum atomic E-state index is -0.0614. The van der Waals surface area contributed by atoms with E-state index in [1.54, 1.807) is 11.3 Å². The van der Waals surface area contributed by atoms with Gasteiger partial charge >= 0.3 is 6.03 Å². The van der Waals surface area contributed by atoms with Gasteiger partial charge in [0.05, 0.1) is 6.54 Å². The third-order valence-electron chi connectivity index (χ3n) is 3.87. The molecule has 0 atom stereocenters. The van der Waals surface area contributed by atoms with Crippen molar-refractivity contribution in [2.24, 2.45) is 0 Å². The molecule has 2 amide bonds. The lowest BCUT2D eigenvalue weighted by atomic mass is 10.3. The van der Waals surface area contributed by atoms with E-state index in [2.05, 4.69) is 46.1 Å². The molecule has 0 aliphatic heterocycles. The quantitative estimate of drug-likeness (QED) is 0.673. The number of nitrogens with one attached hydrogen (secondary N) is 1. The first-order chi connectivity index (χ1) is 11.6. The SMILES string of the molecule is CCN(CC)CCN(Cc1cccs1)C(=O)Nc1cccc(Br)c1. The van der Waals surface area contributed by atoms with Crippen molar-refractivity contribution >= 4 is 39.0 Å². The molecule has 24 heavy (non-hydrogen) atoms. The number of urea groups is 1. The molecular formula is C18H24BrN3OS. The Morgan fingerprint density at radius 3 is 2.58 bits per heavy atom. The smallest absolute Gasteiger partial charge is 0.318 e. The van der Waals surface area contributed by atoms with Crippen LogP contribution in [0.1, 0.15) is 18.7 Å².